The van der Waals surface area contributed by atoms with Crippen LogP contribution in [0.4, 0.5) is 0 Å². The summed E-state index contributed by atoms with van der Waals surface area (Å²) in [5, 5.41) is 8.34. The van der Waals surface area contributed by atoms with Gasteiger partial charge in [-0.15, -0.1) is 0 Å². The van der Waals surface area contributed by atoms with Crippen LogP contribution in [0.5, 0.6) is 5.75 Å². The van der Waals surface area contributed by atoms with Crippen LogP contribution in [0.3, 0.4) is 0 Å². The highest BCUT2D eigenvalue weighted by atomic mass is 16.5. The van der Waals surface area contributed by atoms with Gasteiger partial charge in [0.05, 0.1) is 5.56 Å². The van der Waals surface area contributed by atoms with Crippen molar-refractivity contribution in [3.63, 3.8) is 0 Å². The predicted molar refractivity (Wildman–Crippen MR) is 55.8 cm³/mol. The molecule has 16 heavy (non-hydrogen) atoms. The maximum Gasteiger partial charge on any atom is 0.281 e. The van der Waals surface area contributed by atoms with Crippen LogP contribution in [-0.2, 0) is 9.53 Å². The Labute approximate surface area is 92.2 Å². The average Bonchev–Trinajstić information content (AvgIpc) is 2.35. The normalized spacial score (nSPS) is 13.2. The third kappa shape index (κ3) is 2.14. The molecule has 1 aromatic rings. The summed E-state index contributed by atoms with van der Waals surface area (Å²) in [7, 11) is 0. The van der Waals surface area contributed by atoms with E-state index in [1.165, 1.54) is 5.48 Å². The van der Waals surface area contributed by atoms with Crippen molar-refractivity contribution in [2.75, 3.05) is 13.2 Å². The number of nitrogens with one attached hydrogen (secondary N) is 1. The van der Waals surface area contributed by atoms with Gasteiger partial charge in [0, 0.05) is 0 Å². The number of amides is 1. The molecule has 0 atom stereocenters. The van der Waals surface area contributed by atoms with Crippen LogP contribution >= 0.6 is 0 Å². The minimum absolute atomic E-state index is 0.226. The maximum absolute atomic E-state index is 10.8. The molecule has 1 heterocycles. The molecule has 0 fully saturated rings. The van der Waals surface area contributed by atoms with E-state index >= 15 is 0 Å². The lowest BCUT2D eigenvalue weighted by Crippen LogP contribution is -2.24. The van der Waals surface area contributed by atoms with E-state index in [4.69, 9.17) is 14.7 Å². The van der Waals surface area contributed by atoms with Crippen molar-refractivity contribution in [1.29, 1.82) is 0 Å². The lowest BCUT2D eigenvalue weighted by molar-refractivity contribution is -0.131. The van der Waals surface area contributed by atoms with Gasteiger partial charge in [-0.25, -0.2) is 5.48 Å². The van der Waals surface area contributed by atoms with Crippen LogP contribution in [0.15, 0.2) is 30.3 Å². The first-order valence-electron chi connectivity index (χ1n) is 4.79. The lowest BCUT2D eigenvalue weighted by Gasteiger charge is -2.18. The van der Waals surface area contributed by atoms with Gasteiger partial charge in [-0.05, 0) is 18.2 Å². The van der Waals surface area contributed by atoms with Gasteiger partial charge in [-0.3, -0.25) is 10.0 Å². The zero-order valence-electron chi connectivity index (χ0n) is 8.47. The van der Waals surface area contributed by atoms with Gasteiger partial charge in [-0.2, -0.15) is 0 Å². The molecule has 0 saturated carbocycles. The van der Waals surface area contributed by atoms with Crippen molar-refractivity contribution in [3.05, 3.63) is 35.9 Å². The lowest BCUT2D eigenvalue weighted by atomic mass is 10.1. The first-order valence-corrected chi connectivity index (χ1v) is 4.79. The molecule has 84 valence electrons. The quantitative estimate of drug-likeness (QED) is 0.589. The van der Waals surface area contributed by atoms with Crippen molar-refractivity contribution in [2.24, 2.45) is 0 Å². The van der Waals surface area contributed by atoms with Crippen molar-refractivity contribution in [3.8, 4) is 5.75 Å². The molecule has 0 unspecified atom stereocenters. The van der Waals surface area contributed by atoms with Crippen LogP contribution < -0.4 is 10.2 Å². The molecule has 1 amide bonds. The Morgan fingerprint density at radius 2 is 2.31 bits per heavy atom. The Kier molecular flexibility index (Phi) is 3.07. The molecular weight excluding hydrogens is 210 g/mol. The number of para-hydroxylation sites is 1. The number of benzene rings is 1. The highest BCUT2D eigenvalue weighted by molar-refractivity contribution is 5.77. The Hall–Kier alpha value is -2.01. The third-order valence-corrected chi connectivity index (χ3v) is 2.14. The van der Waals surface area contributed by atoms with Gasteiger partial charge in [-0.1, -0.05) is 12.1 Å². The van der Waals surface area contributed by atoms with Crippen LogP contribution in [-0.4, -0.2) is 24.3 Å². The Bertz CT molecular complexity index is 428. The second-order valence-electron chi connectivity index (χ2n) is 3.20. The molecule has 2 N–H and O–H groups in total. The summed E-state index contributed by atoms with van der Waals surface area (Å²) in [5.74, 6) is 0.722. The smallest absolute Gasteiger partial charge is 0.281 e. The molecule has 2 rings (SSSR count). The first-order chi connectivity index (χ1) is 7.81. The zero-order valence-corrected chi connectivity index (χ0v) is 8.47. The molecule has 1 aliphatic rings. The number of rotatable bonds is 3. The van der Waals surface area contributed by atoms with E-state index in [9.17, 15) is 4.79 Å². The summed E-state index contributed by atoms with van der Waals surface area (Å²) in [6.45, 7) is 0.184. The second-order valence-corrected chi connectivity index (χ2v) is 3.20. The van der Waals surface area contributed by atoms with Crippen LogP contribution in [0.25, 0.3) is 5.76 Å². The van der Waals surface area contributed by atoms with Crippen molar-refractivity contribution < 1.29 is 19.5 Å². The third-order valence-electron chi connectivity index (χ3n) is 2.14. The van der Waals surface area contributed by atoms with Crippen LogP contribution in [0.2, 0.25) is 0 Å². The zero-order chi connectivity index (χ0) is 11.4. The van der Waals surface area contributed by atoms with Gasteiger partial charge in [0.25, 0.3) is 5.91 Å². The molecule has 0 bridgehead atoms. The summed E-state index contributed by atoms with van der Waals surface area (Å²) in [6, 6.07) is 7.40. The van der Waals surface area contributed by atoms with Gasteiger partial charge in [0.1, 0.15) is 18.1 Å². The van der Waals surface area contributed by atoms with E-state index in [0.29, 0.717) is 12.4 Å². The molecular formula is C11H11NO4. The minimum Gasteiger partial charge on any atom is -0.489 e. The summed E-state index contributed by atoms with van der Waals surface area (Å²) >= 11 is 0. The van der Waals surface area contributed by atoms with Gasteiger partial charge < -0.3 is 9.47 Å². The van der Waals surface area contributed by atoms with E-state index in [1.54, 1.807) is 6.08 Å². The number of hydrogen-bond acceptors (Lipinski definition) is 4. The van der Waals surface area contributed by atoms with Crippen molar-refractivity contribution >= 4 is 11.7 Å². The van der Waals surface area contributed by atoms with Crippen LogP contribution in [0.1, 0.15) is 5.56 Å². The number of carbonyl (C=O) groups is 1. The largest absolute Gasteiger partial charge is 0.489 e. The summed E-state index contributed by atoms with van der Waals surface area (Å²) in [6.07, 6.45) is 1.74. The Morgan fingerprint density at radius 1 is 1.50 bits per heavy atom. The van der Waals surface area contributed by atoms with E-state index in [2.05, 4.69) is 0 Å². The fourth-order valence-corrected chi connectivity index (χ4v) is 1.43. The molecule has 0 aliphatic carbocycles. The van der Waals surface area contributed by atoms with Crippen molar-refractivity contribution in [1.82, 2.24) is 5.48 Å². The molecule has 0 spiro atoms. The summed E-state index contributed by atoms with van der Waals surface area (Å²) in [5.41, 5.74) is 2.31. The number of carbonyl (C=O) groups excluding carboxylic acids is 1. The van der Waals surface area contributed by atoms with Gasteiger partial charge in [0.2, 0.25) is 0 Å². The number of hydroxylamine groups is 1. The first kappa shape index (κ1) is 10.5. The number of hydrogen-bond donors (Lipinski definition) is 2. The Morgan fingerprint density at radius 3 is 3.12 bits per heavy atom. The topological polar surface area (TPSA) is 67.8 Å². The van der Waals surface area contributed by atoms with Gasteiger partial charge >= 0.3 is 0 Å². The fourth-order valence-electron chi connectivity index (χ4n) is 1.43. The minimum atomic E-state index is -0.593. The van der Waals surface area contributed by atoms with E-state index in [1.807, 2.05) is 24.3 Å². The molecule has 5 nitrogen and oxygen atoms in total. The SMILES string of the molecule is O=C(COC1=CCOc2ccccc21)NO. The molecule has 5 heteroatoms. The van der Waals surface area contributed by atoms with E-state index < -0.39 is 5.91 Å². The highest BCUT2D eigenvalue weighted by Crippen LogP contribution is 2.29. The van der Waals surface area contributed by atoms with E-state index in [-0.39, 0.29) is 6.61 Å². The summed E-state index contributed by atoms with van der Waals surface area (Å²) < 4.78 is 10.7. The van der Waals surface area contributed by atoms with Crippen molar-refractivity contribution in [2.45, 2.75) is 0 Å². The average molecular weight is 221 g/mol. The van der Waals surface area contributed by atoms with E-state index in [0.717, 1.165) is 11.3 Å². The van der Waals surface area contributed by atoms with Crippen LogP contribution in [0, 0.1) is 0 Å². The fraction of sp³-hybridized carbons (Fsp3) is 0.182. The standard InChI is InChI=1S/C11H11NO4/c13-11(12-14)7-16-10-5-6-15-9-4-2-1-3-8(9)10/h1-5,14H,6-7H2,(H,12,13). The number of fused-ring (bicyclic) bond motifs is 1. The monoisotopic (exact) mass is 221 g/mol. The second kappa shape index (κ2) is 4.67. The maximum atomic E-state index is 10.8. The summed E-state index contributed by atoms with van der Waals surface area (Å²) in [4.78, 5) is 10.8. The Balaban J connectivity index is 2.11. The molecule has 0 aromatic heterocycles. The van der Waals surface area contributed by atoms with Gasteiger partial charge in [0.15, 0.2) is 6.61 Å². The molecule has 1 aliphatic heterocycles. The molecule has 0 radical (unpaired) electrons. The molecule has 0 saturated heterocycles. The predicted octanol–water partition coefficient (Wildman–Crippen LogP) is 0.942. The molecule has 1 aromatic carbocycles. The highest BCUT2D eigenvalue weighted by Gasteiger charge is 2.14. The number of ether oxygens (including phenoxy) is 2.